The highest BCUT2D eigenvalue weighted by atomic mass is 35.5. The van der Waals surface area contributed by atoms with Crippen LogP contribution in [0.2, 0.25) is 5.02 Å². The lowest BCUT2D eigenvalue weighted by atomic mass is 10.3. The SMILES string of the molecule is COC(=O)NC(C)CNc1cccc(Cl)c1. The van der Waals surface area contributed by atoms with Gasteiger partial charge >= 0.3 is 6.09 Å². The second-order valence-electron chi connectivity index (χ2n) is 3.43. The maximum absolute atomic E-state index is 10.9. The smallest absolute Gasteiger partial charge is 0.407 e. The van der Waals surface area contributed by atoms with Gasteiger partial charge in [0.1, 0.15) is 0 Å². The predicted octanol–water partition coefficient (Wildman–Crippen LogP) is 2.50. The number of rotatable bonds is 4. The van der Waals surface area contributed by atoms with Crippen molar-refractivity contribution in [1.82, 2.24) is 5.32 Å². The Labute approximate surface area is 99.9 Å². The molecule has 0 saturated carbocycles. The van der Waals surface area contributed by atoms with E-state index in [2.05, 4.69) is 15.4 Å². The summed E-state index contributed by atoms with van der Waals surface area (Å²) in [6.45, 7) is 2.49. The molecule has 88 valence electrons. The number of nitrogens with one attached hydrogen (secondary N) is 2. The normalized spacial score (nSPS) is 11.7. The number of methoxy groups -OCH3 is 1. The fourth-order valence-electron chi connectivity index (χ4n) is 1.18. The Hall–Kier alpha value is -1.42. The van der Waals surface area contributed by atoms with Gasteiger partial charge in [-0.2, -0.15) is 0 Å². The number of halogens is 1. The van der Waals surface area contributed by atoms with Crippen molar-refractivity contribution in [3.8, 4) is 0 Å². The van der Waals surface area contributed by atoms with Crippen LogP contribution in [0, 0.1) is 0 Å². The first-order valence-corrected chi connectivity index (χ1v) is 5.33. The predicted molar refractivity (Wildman–Crippen MR) is 64.9 cm³/mol. The van der Waals surface area contributed by atoms with Crippen LogP contribution in [0.15, 0.2) is 24.3 Å². The molecule has 0 aliphatic rings. The van der Waals surface area contributed by atoms with Gasteiger partial charge in [0.05, 0.1) is 7.11 Å². The molecule has 0 aliphatic heterocycles. The lowest BCUT2D eigenvalue weighted by Gasteiger charge is -2.14. The maximum Gasteiger partial charge on any atom is 0.407 e. The maximum atomic E-state index is 10.9. The van der Waals surface area contributed by atoms with E-state index in [0.717, 1.165) is 5.69 Å². The Morgan fingerprint density at radius 3 is 2.94 bits per heavy atom. The molecule has 0 bridgehead atoms. The van der Waals surface area contributed by atoms with E-state index < -0.39 is 6.09 Å². The fraction of sp³-hybridized carbons (Fsp3) is 0.364. The lowest BCUT2D eigenvalue weighted by molar-refractivity contribution is 0.168. The van der Waals surface area contributed by atoms with Gasteiger partial charge in [-0.05, 0) is 25.1 Å². The van der Waals surface area contributed by atoms with E-state index in [1.54, 1.807) is 0 Å². The Bertz CT molecular complexity index is 358. The fourth-order valence-corrected chi connectivity index (χ4v) is 1.37. The van der Waals surface area contributed by atoms with Crippen molar-refractivity contribution in [3.63, 3.8) is 0 Å². The highest BCUT2D eigenvalue weighted by molar-refractivity contribution is 6.30. The number of anilines is 1. The monoisotopic (exact) mass is 242 g/mol. The summed E-state index contributed by atoms with van der Waals surface area (Å²) in [5.74, 6) is 0. The van der Waals surface area contributed by atoms with Gasteiger partial charge in [-0.25, -0.2) is 4.79 Å². The molecular weight excluding hydrogens is 228 g/mol. The van der Waals surface area contributed by atoms with E-state index in [9.17, 15) is 4.79 Å². The quantitative estimate of drug-likeness (QED) is 0.853. The minimum Gasteiger partial charge on any atom is -0.453 e. The van der Waals surface area contributed by atoms with Crippen LogP contribution in [0.1, 0.15) is 6.92 Å². The molecule has 5 heteroatoms. The van der Waals surface area contributed by atoms with Gasteiger partial charge in [0, 0.05) is 23.3 Å². The summed E-state index contributed by atoms with van der Waals surface area (Å²) in [4.78, 5) is 10.9. The van der Waals surface area contributed by atoms with Crippen LogP contribution >= 0.6 is 11.6 Å². The second-order valence-corrected chi connectivity index (χ2v) is 3.86. The number of carbonyl (C=O) groups is 1. The van der Waals surface area contributed by atoms with Crippen molar-refractivity contribution in [2.75, 3.05) is 19.0 Å². The zero-order valence-electron chi connectivity index (χ0n) is 9.29. The van der Waals surface area contributed by atoms with Crippen LogP contribution in [0.4, 0.5) is 10.5 Å². The minimum absolute atomic E-state index is 0.0218. The van der Waals surface area contributed by atoms with E-state index in [4.69, 9.17) is 11.6 Å². The molecule has 0 fully saturated rings. The van der Waals surface area contributed by atoms with Gasteiger partial charge in [0.2, 0.25) is 0 Å². The molecule has 0 spiro atoms. The highest BCUT2D eigenvalue weighted by Gasteiger charge is 2.05. The second kappa shape index (κ2) is 6.23. The van der Waals surface area contributed by atoms with Crippen molar-refractivity contribution >= 4 is 23.4 Å². The third-order valence-electron chi connectivity index (χ3n) is 1.99. The van der Waals surface area contributed by atoms with Crippen molar-refractivity contribution in [2.45, 2.75) is 13.0 Å². The molecule has 0 heterocycles. The zero-order valence-corrected chi connectivity index (χ0v) is 10.0. The summed E-state index contributed by atoms with van der Waals surface area (Å²) in [5.41, 5.74) is 0.922. The number of benzene rings is 1. The summed E-state index contributed by atoms with van der Waals surface area (Å²) < 4.78 is 4.49. The molecule has 1 rings (SSSR count). The van der Waals surface area contributed by atoms with Gasteiger partial charge < -0.3 is 15.4 Å². The van der Waals surface area contributed by atoms with Crippen molar-refractivity contribution in [1.29, 1.82) is 0 Å². The van der Waals surface area contributed by atoms with Crippen LogP contribution in [0.25, 0.3) is 0 Å². The number of ether oxygens (including phenoxy) is 1. The molecule has 0 saturated heterocycles. The molecule has 4 nitrogen and oxygen atoms in total. The molecular formula is C11H15ClN2O2. The van der Waals surface area contributed by atoms with Crippen LogP contribution in [-0.4, -0.2) is 25.8 Å². The largest absolute Gasteiger partial charge is 0.453 e. The first-order valence-electron chi connectivity index (χ1n) is 4.95. The van der Waals surface area contributed by atoms with Gasteiger partial charge in [0.25, 0.3) is 0 Å². The van der Waals surface area contributed by atoms with Crippen molar-refractivity contribution in [2.24, 2.45) is 0 Å². The molecule has 0 aromatic heterocycles. The summed E-state index contributed by atoms with van der Waals surface area (Å²) in [6.07, 6.45) is -0.430. The third kappa shape index (κ3) is 4.40. The Kier molecular flexibility index (Phi) is 4.92. The Morgan fingerprint density at radius 2 is 2.31 bits per heavy atom. The van der Waals surface area contributed by atoms with E-state index in [0.29, 0.717) is 11.6 Å². The van der Waals surface area contributed by atoms with E-state index in [-0.39, 0.29) is 6.04 Å². The van der Waals surface area contributed by atoms with E-state index in [1.165, 1.54) is 7.11 Å². The zero-order chi connectivity index (χ0) is 12.0. The van der Waals surface area contributed by atoms with Gasteiger partial charge in [-0.3, -0.25) is 0 Å². The molecule has 16 heavy (non-hydrogen) atoms. The molecule has 1 unspecified atom stereocenters. The van der Waals surface area contributed by atoms with Crippen molar-refractivity contribution in [3.05, 3.63) is 29.3 Å². The summed E-state index contributed by atoms with van der Waals surface area (Å²) >= 11 is 5.84. The van der Waals surface area contributed by atoms with Gasteiger partial charge in [-0.15, -0.1) is 0 Å². The standard InChI is InChI=1S/C11H15ClN2O2/c1-8(14-11(15)16-2)7-13-10-5-3-4-9(12)6-10/h3-6,8,13H,7H2,1-2H3,(H,14,15). The number of hydrogen-bond acceptors (Lipinski definition) is 3. The number of amides is 1. The van der Waals surface area contributed by atoms with E-state index >= 15 is 0 Å². The Morgan fingerprint density at radius 1 is 1.56 bits per heavy atom. The number of alkyl carbamates (subject to hydrolysis) is 1. The number of hydrogen-bond donors (Lipinski definition) is 2. The first kappa shape index (κ1) is 12.6. The van der Waals surface area contributed by atoms with Crippen LogP contribution in [0.5, 0.6) is 0 Å². The van der Waals surface area contributed by atoms with Gasteiger partial charge in [-0.1, -0.05) is 17.7 Å². The van der Waals surface area contributed by atoms with Crippen molar-refractivity contribution < 1.29 is 9.53 Å². The average Bonchev–Trinajstić information content (AvgIpc) is 2.26. The molecule has 0 aliphatic carbocycles. The third-order valence-corrected chi connectivity index (χ3v) is 2.22. The molecule has 1 aromatic carbocycles. The lowest BCUT2D eigenvalue weighted by Crippen LogP contribution is -2.37. The average molecular weight is 243 g/mol. The summed E-state index contributed by atoms with van der Waals surface area (Å²) in [7, 11) is 1.34. The van der Waals surface area contributed by atoms with Gasteiger partial charge in [0.15, 0.2) is 0 Å². The molecule has 1 aromatic rings. The number of carbonyl (C=O) groups excluding carboxylic acids is 1. The molecule has 1 amide bonds. The van der Waals surface area contributed by atoms with Crippen LogP contribution < -0.4 is 10.6 Å². The van der Waals surface area contributed by atoms with Crippen LogP contribution in [0.3, 0.4) is 0 Å². The summed E-state index contributed by atoms with van der Waals surface area (Å²) in [6, 6.07) is 7.39. The molecule has 2 N–H and O–H groups in total. The summed E-state index contributed by atoms with van der Waals surface area (Å²) in [5, 5.41) is 6.50. The minimum atomic E-state index is -0.430. The highest BCUT2D eigenvalue weighted by Crippen LogP contribution is 2.14. The first-order chi connectivity index (χ1) is 7.61. The topological polar surface area (TPSA) is 50.4 Å². The Balaban J connectivity index is 2.37. The van der Waals surface area contributed by atoms with E-state index in [1.807, 2.05) is 31.2 Å². The molecule has 1 atom stereocenters. The van der Waals surface area contributed by atoms with Crippen LogP contribution in [-0.2, 0) is 4.74 Å². The molecule has 0 radical (unpaired) electrons.